The monoisotopic (exact) mass is 361 g/mol. The Balaban J connectivity index is 2.45. The van der Waals surface area contributed by atoms with Crippen LogP contribution in [0.5, 0.6) is 0 Å². The van der Waals surface area contributed by atoms with Crippen molar-refractivity contribution in [3.63, 3.8) is 0 Å². The summed E-state index contributed by atoms with van der Waals surface area (Å²) in [7, 11) is 0. The molecule has 2 rings (SSSR count). The highest BCUT2D eigenvalue weighted by atomic mass is 79.9. The molecule has 1 unspecified atom stereocenters. The van der Waals surface area contributed by atoms with Crippen molar-refractivity contribution in [2.45, 2.75) is 52.0 Å². The minimum Gasteiger partial charge on any atom is -0.310 e. The van der Waals surface area contributed by atoms with Gasteiger partial charge in [-0.2, -0.15) is 0 Å². The Kier molecular flexibility index (Phi) is 5.49. The van der Waals surface area contributed by atoms with E-state index in [0.717, 1.165) is 25.8 Å². The molecule has 0 saturated heterocycles. The number of hydrogen-bond acceptors (Lipinski definition) is 1. The van der Waals surface area contributed by atoms with E-state index < -0.39 is 0 Å². The molecule has 0 amide bonds. The fourth-order valence-corrected chi connectivity index (χ4v) is 4.03. The lowest BCUT2D eigenvalue weighted by Gasteiger charge is -2.38. The summed E-state index contributed by atoms with van der Waals surface area (Å²) >= 11 is 9.47. The average molecular weight is 363 g/mol. The third kappa shape index (κ3) is 3.05. The fraction of sp³-hybridized carbons (Fsp3) is 0.625. The van der Waals surface area contributed by atoms with Crippen LogP contribution < -0.4 is 5.32 Å². The van der Waals surface area contributed by atoms with Crippen LogP contribution in [-0.2, 0) is 0 Å². The first kappa shape index (κ1) is 16.3. The summed E-state index contributed by atoms with van der Waals surface area (Å²) < 4.78 is 15.1. The van der Waals surface area contributed by atoms with Crippen molar-refractivity contribution in [2.75, 3.05) is 6.54 Å². The first-order valence-corrected chi connectivity index (χ1v) is 8.59. The molecule has 1 aliphatic carbocycles. The second kappa shape index (κ2) is 6.76. The van der Waals surface area contributed by atoms with Crippen LogP contribution in [0, 0.1) is 11.2 Å². The summed E-state index contributed by atoms with van der Waals surface area (Å²) in [6.07, 6.45) is 5.86. The normalized spacial score (nSPS) is 19.2. The van der Waals surface area contributed by atoms with E-state index in [0.29, 0.717) is 15.1 Å². The molecule has 0 heterocycles. The first-order chi connectivity index (χ1) is 9.54. The molecule has 4 heteroatoms. The summed E-state index contributed by atoms with van der Waals surface area (Å²) in [5.41, 5.74) is 0.873. The lowest BCUT2D eigenvalue weighted by molar-refractivity contribution is 0.185. The van der Waals surface area contributed by atoms with Crippen molar-refractivity contribution in [3.8, 4) is 0 Å². The van der Waals surface area contributed by atoms with Crippen LogP contribution in [0.25, 0.3) is 0 Å². The van der Waals surface area contributed by atoms with E-state index in [1.165, 1.54) is 18.9 Å². The lowest BCUT2D eigenvalue weighted by Crippen LogP contribution is -2.36. The van der Waals surface area contributed by atoms with Crippen molar-refractivity contribution in [1.29, 1.82) is 0 Å². The van der Waals surface area contributed by atoms with Gasteiger partial charge in [0.25, 0.3) is 0 Å². The molecule has 0 aromatic heterocycles. The van der Waals surface area contributed by atoms with Gasteiger partial charge in [0, 0.05) is 16.1 Å². The molecule has 1 saturated carbocycles. The molecular weight excluding hydrogens is 341 g/mol. The molecule has 1 nitrogen and oxygen atoms in total. The predicted molar refractivity (Wildman–Crippen MR) is 86.7 cm³/mol. The standard InChI is InChI=1S/C16H22BrClFN/c1-3-16(7-5-6-8-16)15(20-4-2)11-9-13(18)12(17)10-14(11)19/h9-10,15,20H,3-8H2,1-2H3. The molecule has 1 fully saturated rings. The Morgan fingerprint density at radius 3 is 2.55 bits per heavy atom. The number of halogens is 3. The molecule has 0 radical (unpaired) electrons. The molecule has 1 atom stereocenters. The maximum Gasteiger partial charge on any atom is 0.129 e. The average Bonchev–Trinajstić information content (AvgIpc) is 2.90. The van der Waals surface area contributed by atoms with Crippen LogP contribution in [-0.4, -0.2) is 6.54 Å². The van der Waals surface area contributed by atoms with Crippen LogP contribution in [0.3, 0.4) is 0 Å². The third-order valence-corrected chi connectivity index (χ3v) is 5.87. The highest BCUT2D eigenvalue weighted by Gasteiger charge is 2.41. The number of rotatable bonds is 5. The Hall–Kier alpha value is -0.120. The number of benzene rings is 1. The van der Waals surface area contributed by atoms with Gasteiger partial charge in [0.2, 0.25) is 0 Å². The minimum atomic E-state index is -0.174. The van der Waals surface area contributed by atoms with Gasteiger partial charge in [-0.3, -0.25) is 0 Å². The molecule has 1 aromatic rings. The molecule has 1 aliphatic rings. The molecule has 20 heavy (non-hydrogen) atoms. The van der Waals surface area contributed by atoms with Gasteiger partial charge in [0.15, 0.2) is 0 Å². The molecule has 1 aromatic carbocycles. The summed E-state index contributed by atoms with van der Waals surface area (Å²) in [5, 5.41) is 4.08. The molecule has 0 aliphatic heterocycles. The van der Waals surface area contributed by atoms with Gasteiger partial charge in [0.05, 0.1) is 5.02 Å². The number of hydrogen-bond donors (Lipinski definition) is 1. The fourth-order valence-electron chi connectivity index (χ4n) is 3.55. The molecule has 0 spiro atoms. The highest BCUT2D eigenvalue weighted by molar-refractivity contribution is 9.10. The SMILES string of the molecule is CCNC(c1cc(Cl)c(Br)cc1F)C1(CC)CCCC1. The summed E-state index contributed by atoms with van der Waals surface area (Å²) in [6, 6.07) is 3.32. The highest BCUT2D eigenvalue weighted by Crippen LogP contribution is 2.51. The minimum absolute atomic E-state index is 0.0469. The van der Waals surface area contributed by atoms with Crippen molar-refractivity contribution in [3.05, 3.63) is 33.0 Å². The second-order valence-electron chi connectivity index (χ2n) is 5.70. The maximum absolute atomic E-state index is 14.4. The van der Waals surface area contributed by atoms with E-state index in [-0.39, 0.29) is 17.3 Å². The van der Waals surface area contributed by atoms with Crippen molar-refractivity contribution < 1.29 is 4.39 Å². The van der Waals surface area contributed by atoms with Gasteiger partial charge in [-0.15, -0.1) is 0 Å². The van der Waals surface area contributed by atoms with E-state index in [1.807, 2.05) is 0 Å². The maximum atomic E-state index is 14.4. The van der Waals surface area contributed by atoms with Gasteiger partial charge < -0.3 is 5.32 Å². The summed E-state index contributed by atoms with van der Waals surface area (Å²) in [4.78, 5) is 0. The van der Waals surface area contributed by atoms with E-state index in [1.54, 1.807) is 6.07 Å². The largest absolute Gasteiger partial charge is 0.310 e. The zero-order valence-electron chi connectivity index (χ0n) is 12.1. The van der Waals surface area contributed by atoms with Crippen LogP contribution in [0.15, 0.2) is 16.6 Å². The predicted octanol–water partition coefficient (Wildman–Crippen LogP) is 5.86. The molecule has 1 N–H and O–H groups in total. The van der Waals surface area contributed by atoms with Gasteiger partial charge in [-0.1, -0.05) is 38.3 Å². The van der Waals surface area contributed by atoms with Gasteiger partial charge in [0.1, 0.15) is 5.82 Å². The van der Waals surface area contributed by atoms with Crippen molar-refractivity contribution in [2.24, 2.45) is 5.41 Å². The Labute approximate surface area is 134 Å². The number of nitrogens with one attached hydrogen (secondary N) is 1. The summed E-state index contributed by atoms with van der Waals surface area (Å²) in [6.45, 7) is 5.12. The Morgan fingerprint density at radius 1 is 1.35 bits per heavy atom. The van der Waals surface area contributed by atoms with Crippen LogP contribution in [0.2, 0.25) is 5.02 Å². The van der Waals surface area contributed by atoms with Crippen LogP contribution >= 0.6 is 27.5 Å². The van der Waals surface area contributed by atoms with Crippen LogP contribution in [0.4, 0.5) is 4.39 Å². The quantitative estimate of drug-likeness (QED) is 0.647. The Morgan fingerprint density at radius 2 is 2.00 bits per heavy atom. The molecule has 0 bridgehead atoms. The zero-order valence-corrected chi connectivity index (χ0v) is 14.5. The lowest BCUT2D eigenvalue weighted by atomic mass is 9.73. The molecule has 112 valence electrons. The van der Waals surface area contributed by atoms with Gasteiger partial charge in [-0.25, -0.2) is 4.39 Å². The van der Waals surface area contributed by atoms with E-state index in [4.69, 9.17) is 11.6 Å². The second-order valence-corrected chi connectivity index (χ2v) is 6.96. The zero-order chi connectivity index (χ0) is 14.8. The van der Waals surface area contributed by atoms with Crippen molar-refractivity contribution in [1.82, 2.24) is 5.32 Å². The summed E-state index contributed by atoms with van der Waals surface area (Å²) in [5.74, 6) is -0.174. The van der Waals surface area contributed by atoms with Crippen LogP contribution in [0.1, 0.15) is 57.6 Å². The smallest absolute Gasteiger partial charge is 0.129 e. The molecular formula is C16H22BrClFN. The van der Waals surface area contributed by atoms with Gasteiger partial charge >= 0.3 is 0 Å². The Bertz CT molecular complexity index is 472. The first-order valence-electron chi connectivity index (χ1n) is 7.42. The van der Waals surface area contributed by atoms with E-state index >= 15 is 0 Å². The topological polar surface area (TPSA) is 12.0 Å². The third-order valence-electron chi connectivity index (χ3n) is 4.67. The van der Waals surface area contributed by atoms with Gasteiger partial charge in [-0.05, 0) is 59.3 Å². The van der Waals surface area contributed by atoms with Crippen molar-refractivity contribution >= 4 is 27.5 Å². The van der Waals surface area contributed by atoms with E-state index in [9.17, 15) is 4.39 Å². The van der Waals surface area contributed by atoms with E-state index in [2.05, 4.69) is 35.1 Å².